The number of para-hydroxylation sites is 2. The van der Waals surface area contributed by atoms with Gasteiger partial charge in [-0.15, -0.1) is 0 Å². The zero-order valence-corrected chi connectivity index (χ0v) is 14.6. The maximum Gasteiger partial charge on any atom is 0.271 e. The molecule has 0 saturated carbocycles. The Balaban J connectivity index is 1.26. The molecule has 1 N–H and O–H groups in total. The number of carbonyl (C=O) groups is 1. The molecule has 1 amide bonds. The normalized spacial score (nSPS) is 16.0. The average Bonchev–Trinajstić information content (AvgIpc) is 3.20. The number of piperidine rings is 1. The molecule has 1 fully saturated rings. The van der Waals surface area contributed by atoms with Crippen LogP contribution in [0.4, 0.5) is 0 Å². The Bertz CT molecular complexity index is 870. The molecular weight excluding hydrogens is 328 g/mol. The number of furan rings is 1. The minimum Gasteiger partial charge on any atom is -0.468 e. The first-order valence-corrected chi connectivity index (χ1v) is 9.02. The van der Waals surface area contributed by atoms with Crippen molar-refractivity contribution in [2.75, 3.05) is 19.6 Å². The lowest BCUT2D eigenvalue weighted by Crippen LogP contribution is -2.38. The predicted octanol–water partition coefficient (Wildman–Crippen LogP) is 2.86. The van der Waals surface area contributed by atoms with Gasteiger partial charge >= 0.3 is 0 Å². The van der Waals surface area contributed by atoms with Gasteiger partial charge in [0.2, 0.25) is 0 Å². The first-order valence-electron chi connectivity index (χ1n) is 9.02. The molecule has 1 aliphatic rings. The Kier molecular flexibility index (Phi) is 4.93. The second-order valence-corrected chi connectivity index (χ2v) is 6.75. The van der Waals surface area contributed by atoms with E-state index in [1.165, 1.54) is 0 Å². The van der Waals surface area contributed by atoms with Crippen LogP contribution in [-0.2, 0) is 6.54 Å². The van der Waals surface area contributed by atoms with Gasteiger partial charge in [0.25, 0.3) is 5.91 Å². The number of aromatic nitrogens is 2. The van der Waals surface area contributed by atoms with Crippen molar-refractivity contribution in [2.24, 2.45) is 5.92 Å². The van der Waals surface area contributed by atoms with Crippen LogP contribution in [0.1, 0.15) is 29.1 Å². The Hall–Kier alpha value is -2.73. The summed E-state index contributed by atoms with van der Waals surface area (Å²) in [6.45, 7) is 3.59. The smallest absolute Gasteiger partial charge is 0.271 e. The third kappa shape index (κ3) is 3.91. The summed E-state index contributed by atoms with van der Waals surface area (Å²) in [5.74, 6) is 1.35. The third-order valence-corrected chi connectivity index (χ3v) is 4.90. The van der Waals surface area contributed by atoms with Gasteiger partial charge < -0.3 is 9.73 Å². The second kappa shape index (κ2) is 7.66. The van der Waals surface area contributed by atoms with Crippen molar-refractivity contribution >= 4 is 16.9 Å². The van der Waals surface area contributed by atoms with Gasteiger partial charge in [0.15, 0.2) is 0 Å². The Morgan fingerprint density at radius 3 is 2.73 bits per heavy atom. The number of carbonyl (C=O) groups excluding carboxylic acids is 1. The summed E-state index contributed by atoms with van der Waals surface area (Å²) in [5, 5.41) is 3.02. The maximum atomic E-state index is 12.4. The highest BCUT2D eigenvalue weighted by Crippen LogP contribution is 2.18. The lowest BCUT2D eigenvalue weighted by Gasteiger charge is -2.31. The highest BCUT2D eigenvalue weighted by molar-refractivity contribution is 5.93. The van der Waals surface area contributed by atoms with Crippen LogP contribution >= 0.6 is 0 Å². The first kappa shape index (κ1) is 16.7. The summed E-state index contributed by atoms with van der Waals surface area (Å²) < 4.78 is 5.41. The van der Waals surface area contributed by atoms with Crippen LogP contribution in [-0.4, -0.2) is 40.4 Å². The van der Waals surface area contributed by atoms with Crippen molar-refractivity contribution in [1.82, 2.24) is 20.2 Å². The minimum absolute atomic E-state index is 0.152. The molecule has 4 rings (SSSR count). The number of hydrogen-bond acceptors (Lipinski definition) is 5. The number of rotatable bonds is 5. The first-order chi connectivity index (χ1) is 12.8. The maximum absolute atomic E-state index is 12.4. The van der Waals surface area contributed by atoms with Crippen LogP contribution in [0.5, 0.6) is 0 Å². The number of hydrogen-bond donors (Lipinski definition) is 1. The number of likely N-dealkylation sites (tertiary alicyclic amines) is 1. The van der Waals surface area contributed by atoms with Crippen molar-refractivity contribution < 1.29 is 9.21 Å². The summed E-state index contributed by atoms with van der Waals surface area (Å²) >= 11 is 0. The predicted molar refractivity (Wildman–Crippen MR) is 98.6 cm³/mol. The Labute approximate surface area is 152 Å². The average molecular weight is 350 g/mol. The second-order valence-electron chi connectivity index (χ2n) is 6.75. The number of nitrogens with one attached hydrogen (secondary N) is 1. The SMILES string of the molecule is O=C(NCC1CCN(Cc2ccco2)CC1)c1cnc2ccccc2n1. The molecule has 1 saturated heterocycles. The van der Waals surface area contributed by atoms with E-state index in [9.17, 15) is 4.79 Å². The molecule has 0 bridgehead atoms. The Morgan fingerprint density at radius 1 is 1.15 bits per heavy atom. The van der Waals surface area contributed by atoms with Crippen LogP contribution in [0.2, 0.25) is 0 Å². The highest BCUT2D eigenvalue weighted by atomic mass is 16.3. The fourth-order valence-electron chi connectivity index (χ4n) is 3.37. The number of nitrogens with zero attached hydrogens (tertiary/aromatic N) is 3. The van der Waals surface area contributed by atoms with E-state index in [0.29, 0.717) is 18.2 Å². The van der Waals surface area contributed by atoms with E-state index in [0.717, 1.165) is 49.3 Å². The number of fused-ring (bicyclic) bond motifs is 1. The van der Waals surface area contributed by atoms with E-state index in [-0.39, 0.29) is 5.91 Å². The van der Waals surface area contributed by atoms with E-state index in [4.69, 9.17) is 4.42 Å². The van der Waals surface area contributed by atoms with Crippen LogP contribution in [0.3, 0.4) is 0 Å². The fourth-order valence-corrected chi connectivity index (χ4v) is 3.37. The van der Waals surface area contributed by atoms with Crippen molar-refractivity contribution in [2.45, 2.75) is 19.4 Å². The van der Waals surface area contributed by atoms with Crippen LogP contribution in [0.15, 0.2) is 53.3 Å². The molecule has 3 heterocycles. The van der Waals surface area contributed by atoms with Gasteiger partial charge in [-0.25, -0.2) is 4.98 Å². The molecule has 0 aliphatic carbocycles. The molecule has 0 radical (unpaired) electrons. The molecule has 6 nitrogen and oxygen atoms in total. The summed E-state index contributed by atoms with van der Waals surface area (Å²) in [7, 11) is 0. The van der Waals surface area contributed by atoms with Crippen molar-refractivity contribution in [3.63, 3.8) is 0 Å². The van der Waals surface area contributed by atoms with Crippen LogP contribution in [0.25, 0.3) is 11.0 Å². The zero-order valence-electron chi connectivity index (χ0n) is 14.6. The third-order valence-electron chi connectivity index (χ3n) is 4.90. The summed E-state index contributed by atoms with van der Waals surface area (Å²) in [5.41, 5.74) is 1.92. The van der Waals surface area contributed by atoms with Gasteiger partial charge in [0.05, 0.1) is 30.0 Å². The van der Waals surface area contributed by atoms with Gasteiger partial charge in [-0.3, -0.25) is 14.7 Å². The highest BCUT2D eigenvalue weighted by Gasteiger charge is 2.21. The Morgan fingerprint density at radius 2 is 1.96 bits per heavy atom. The van der Waals surface area contributed by atoms with Gasteiger partial charge in [0, 0.05) is 6.54 Å². The largest absolute Gasteiger partial charge is 0.468 e. The van der Waals surface area contributed by atoms with Crippen molar-refractivity contribution in [3.8, 4) is 0 Å². The van der Waals surface area contributed by atoms with Gasteiger partial charge in [-0.1, -0.05) is 12.1 Å². The van der Waals surface area contributed by atoms with Gasteiger partial charge in [0.1, 0.15) is 11.5 Å². The number of benzene rings is 1. The zero-order chi connectivity index (χ0) is 17.8. The lowest BCUT2D eigenvalue weighted by molar-refractivity contribution is 0.0929. The molecule has 0 unspecified atom stereocenters. The molecule has 134 valence electrons. The minimum atomic E-state index is -0.152. The molecule has 0 atom stereocenters. The topological polar surface area (TPSA) is 71.3 Å². The van der Waals surface area contributed by atoms with E-state index in [1.807, 2.05) is 36.4 Å². The van der Waals surface area contributed by atoms with Crippen molar-refractivity contribution in [1.29, 1.82) is 0 Å². The summed E-state index contributed by atoms with van der Waals surface area (Å²) in [6.07, 6.45) is 5.41. The fraction of sp³-hybridized carbons (Fsp3) is 0.350. The standard InChI is InChI=1S/C20H22N4O2/c25-20(19-13-21-17-5-1-2-6-18(17)23-19)22-12-15-7-9-24(10-8-15)14-16-4-3-11-26-16/h1-6,11,13,15H,7-10,12,14H2,(H,22,25). The number of amides is 1. The molecule has 0 spiro atoms. The van der Waals surface area contributed by atoms with E-state index in [2.05, 4.69) is 20.2 Å². The van der Waals surface area contributed by atoms with E-state index in [1.54, 1.807) is 12.5 Å². The van der Waals surface area contributed by atoms with Crippen LogP contribution < -0.4 is 5.32 Å². The molecule has 1 aromatic carbocycles. The summed E-state index contributed by atoms with van der Waals surface area (Å²) in [4.78, 5) is 23.5. The molecule has 3 aromatic rings. The summed E-state index contributed by atoms with van der Waals surface area (Å²) in [6, 6.07) is 11.5. The van der Waals surface area contributed by atoms with Gasteiger partial charge in [-0.05, 0) is 56.1 Å². The monoisotopic (exact) mass is 350 g/mol. The van der Waals surface area contributed by atoms with Crippen molar-refractivity contribution in [3.05, 3.63) is 60.3 Å². The molecule has 26 heavy (non-hydrogen) atoms. The lowest BCUT2D eigenvalue weighted by atomic mass is 9.96. The molecular formula is C20H22N4O2. The van der Waals surface area contributed by atoms with E-state index >= 15 is 0 Å². The molecule has 2 aromatic heterocycles. The molecule has 6 heteroatoms. The van der Waals surface area contributed by atoms with E-state index < -0.39 is 0 Å². The van der Waals surface area contributed by atoms with Gasteiger partial charge in [-0.2, -0.15) is 0 Å². The quantitative estimate of drug-likeness (QED) is 0.766. The van der Waals surface area contributed by atoms with Crippen LogP contribution in [0, 0.1) is 5.92 Å². The molecule has 1 aliphatic heterocycles.